The summed E-state index contributed by atoms with van der Waals surface area (Å²) in [6, 6.07) is 7.45. The highest BCUT2D eigenvalue weighted by molar-refractivity contribution is 5.95. The molecule has 1 aromatic carbocycles. The molecule has 136 valence electrons. The largest absolute Gasteiger partial charge is 0.454 e. The fraction of sp³-hybridized carbons (Fsp3) is 0.294. The van der Waals surface area contributed by atoms with E-state index in [4.69, 9.17) is 14.2 Å². The molecule has 0 aliphatic carbocycles. The average Bonchev–Trinajstić information content (AvgIpc) is 3.09. The first-order chi connectivity index (χ1) is 12.6. The molecule has 9 nitrogen and oxygen atoms in total. The molecule has 0 radical (unpaired) electrons. The van der Waals surface area contributed by atoms with Crippen LogP contribution in [0.4, 0.5) is 5.69 Å². The molecule has 26 heavy (non-hydrogen) atoms. The third-order valence-electron chi connectivity index (χ3n) is 3.50. The van der Waals surface area contributed by atoms with Crippen LogP contribution in [0.25, 0.3) is 0 Å². The van der Waals surface area contributed by atoms with Crippen LogP contribution in [-0.2, 0) is 16.1 Å². The van der Waals surface area contributed by atoms with Crippen LogP contribution in [0.15, 0.2) is 35.1 Å². The van der Waals surface area contributed by atoms with Crippen LogP contribution in [0.5, 0.6) is 11.5 Å². The Morgan fingerprint density at radius 1 is 1.23 bits per heavy atom. The topological polar surface area (TPSA) is 109 Å². The highest BCUT2D eigenvalue weighted by Gasteiger charge is 2.16. The number of amides is 1. The number of carbonyl (C=O) groups excluding carboxylic acids is 2. The molecular weight excluding hydrogens is 342 g/mol. The summed E-state index contributed by atoms with van der Waals surface area (Å²) in [6.45, 7) is 1.93. The Balaban J connectivity index is 1.56. The number of aryl methyl sites for hydroxylation is 1. The number of ether oxygens (including phenoxy) is 3. The smallest absolute Gasteiger partial charge is 0.359 e. The predicted molar refractivity (Wildman–Crippen MR) is 90.3 cm³/mol. The lowest BCUT2D eigenvalue weighted by molar-refractivity contribution is -0.119. The number of aromatic nitrogens is 2. The van der Waals surface area contributed by atoms with Gasteiger partial charge in [0.25, 0.3) is 11.5 Å². The second kappa shape index (κ2) is 7.68. The number of esters is 1. The third-order valence-corrected chi connectivity index (χ3v) is 3.50. The van der Waals surface area contributed by atoms with E-state index in [0.717, 1.165) is 0 Å². The van der Waals surface area contributed by atoms with Crippen molar-refractivity contribution in [2.45, 2.75) is 19.9 Å². The molecule has 2 heterocycles. The van der Waals surface area contributed by atoms with Gasteiger partial charge in [-0.1, -0.05) is 6.92 Å². The number of rotatable bonds is 6. The summed E-state index contributed by atoms with van der Waals surface area (Å²) in [7, 11) is 0. The summed E-state index contributed by atoms with van der Waals surface area (Å²) in [4.78, 5) is 35.5. The maximum atomic E-state index is 12.0. The summed E-state index contributed by atoms with van der Waals surface area (Å²) in [5, 5.41) is 6.52. The zero-order valence-electron chi connectivity index (χ0n) is 14.1. The number of nitrogens with one attached hydrogen (secondary N) is 1. The van der Waals surface area contributed by atoms with E-state index in [-0.39, 0.29) is 18.0 Å². The molecule has 0 bridgehead atoms. The summed E-state index contributed by atoms with van der Waals surface area (Å²) in [5.74, 6) is -0.167. The number of hydrogen-bond acceptors (Lipinski definition) is 7. The van der Waals surface area contributed by atoms with Crippen molar-refractivity contribution in [3.63, 3.8) is 0 Å². The second-order valence-electron chi connectivity index (χ2n) is 5.47. The SMILES string of the molecule is CCCn1nc(C(=O)OCC(=O)Nc2ccc3c(c2)OCO3)ccc1=O. The molecule has 1 aliphatic rings. The molecule has 1 amide bonds. The fourth-order valence-corrected chi connectivity index (χ4v) is 2.31. The van der Waals surface area contributed by atoms with Gasteiger partial charge in [0.2, 0.25) is 6.79 Å². The van der Waals surface area contributed by atoms with Gasteiger partial charge in [0, 0.05) is 24.4 Å². The van der Waals surface area contributed by atoms with Crippen molar-refractivity contribution in [1.82, 2.24) is 9.78 Å². The van der Waals surface area contributed by atoms with Gasteiger partial charge in [0.15, 0.2) is 23.8 Å². The Hall–Kier alpha value is -3.36. The first-order valence-electron chi connectivity index (χ1n) is 8.01. The van der Waals surface area contributed by atoms with Crippen LogP contribution in [-0.4, -0.2) is 35.1 Å². The standard InChI is InChI=1S/C17H17N3O6/c1-2-7-20-16(22)6-4-12(19-20)17(23)24-9-15(21)18-11-3-5-13-14(8-11)26-10-25-13/h3-6,8H,2,7,9-10H2,1H3,(H,18,21). The number of fused-ring (bicyclic) bond motifs is 1. The third kappa shape index (κ3) is 4.00. The normalized spacial score (nSPS) is 11.9. The monoisotopic (exact) mass is 359 g/mol. The number of carbonyl (C=O) groups is 2. The molecule has 1 aliphatic heterocycles. The average molecular weight is 359 g/mol. The van der Waals surface area contributed by atoms with Gasteiger partial charge in [-0.2, -0.15) is 5.10 Å². The summed E-state index contributed by atoms with van der Waals surface area (Å²) in [5.41, 5.74) is 0.155. The first-order valence-corrected chi connectivity index (χ1v) is 8.01. The van der Waals surface area contributed by atoms with Crippen LogP contribution in [0.3, 0.4) is 0 Å². The zero-order valence-corrected chi connectivity index (χ0v) is 14.1. The minimum atomic E-state index is -0.782. The summed E-state index contributed by atoms with van der Waals surface area (Å²) < 4.78 is 16.5. The van der Waals surface area contributed by atoms with Crippen molar-refractivity contribution in [2.24, 2.45) is 0 Å². The van der Waals surface area contributed by atoms with E-state index < -0.39 is 18.5 Å². The molecule has 9 heteroatoms. The van der Waals surface area contributed by atoms with Gasteiger partial charge >= 0.3 is 5.97 Å². The second-order valence-corrected chi connectivity index (χ2v) is 5.47. The van der Waals surface area contributed by atoms with Crippen molar-refractivity contribution >= 4 is 17.6 Å². The Labute approximate surface area is 148 Å². The van der Waals surface area contributed by atoms with E-state index in [1.54, 1.807) is 18.2 Å². The summed E-state index contributed by atoms with van der Waals surface area (Å²) >= 11 is 0. The van der Waals surface area contributed by atoms with Gasteiger partial charge in [-0.3, -0.25) is 9.59 Å². The molecule has 3 rings (SSSR count). The van der Waals surface area contributed by atoms with Gasteiger partial charge in [0.1, 0.15) is 0 Å². The van der Waals surface area contributed by atoms with Crippen LogP contribution < -0.4 is 20.3 Å². The van der Waals surface area contributed by atoms with E-state index in [1.807, 2.05) is 6.92 Å². The molecule has 0 atom stereocenters. The van der Waals surface area contributed by atoms with Crippen LogP contribution in [0.2, 0.25) is 0 Å². The highest BCUT2D eigenvalue weighted by atomic mass is 16.7. The molecule has 0 saturated carbocycles. The summed E-state index contributed by atoms with van der Waals surface area (Å²) in [6.07, 6.45) is 0.698. The molecule has 2 aromatic rings. The molecule has 1 aromatic heterocycles. The molecule has 0 spiro atoms. The van der Waals surface area contributed by atoms with Crippen molar-refractivity contribution in [1.29, 1.82) is 0 Å². The minimum absolute atomic E-state index is 0.0334. The lowest BCUT2D eigenvalue weighted by Gasteiger charge is -2.08. The maximum absolute atomic E-state index is 12.0. The molecule has 0 saturated heterocycles. The van der Waals surface area contributed by atoms with E-state index in [9.17, 15) is 14.4 Å². The van der Waals surface area contributed by atoms with Gasteiger partial charge in [-0.25, -0.2) is 9.48 Å². The molecule has 1 N–H and O–H groups in total. The lowest BCUT2D eigenvalue weighted by atomic mass is 10.3. The molecule has 0 unspecified atom stereocenters. The highest BCUT2D eigenvalue weighted by Crippen LogP contribution is 2.34. The lowest BCUT2D eigenvalue weighted by Crippen LogP contribution is -2.26. The zero-order chi connectivity index (χ0) is 18.5. The van der Waals surface area contributed by atoms with E-state index in [2.05, 4.69) is 10.4 Å². The van der Waals surface area contributed by atoms with E-state index in [1.165, 1.54) is 16.8 Å². The van der Waals surface area contributed by atoms with Crippen LogP contribution >= 0.6 is 0 Å². The van der Waals surface area contributed by atoms with Crippen molar-refractivity contribution in [3.8, 4) is 11.5 Å². The molecule has 0 fully saturated rings. The van der Waals surface area contributed by atoms with Gasteiger partial charge < -0.3 is 19.5 Å². The Morgan fingerprint density at radius 3 is 2.85 bits per heavy atom. The van der Waals surface area contributed by atoms with E-state index in [0.29, 0.717) is 30.2 Å². The van der Waals surface area contributed by atoms with Crippen LogP contribution in [0, 0.1) is 0 Å². The first kappa shape index (κ1) is 17.5. The maximum Gasteiger partial charge on any atom is 0.359 e. The number of hydrogen-bond donors (Lipinski definition) is 1. The Bertz CT molecular complexity index is 892. The van der Waals surface area contributed by atoms with E-state index >= 15 is 0 Å². The Morgan fingerprint density at radius 2 is 2.04 bits per heavy atom. The van der Waals surface area contributed by atoms with Gasteiger partial charge in [-0.05, 0) is 24.6 Å². The number of nitrogens with zero attached hydrogens (tertiary/aromatic N) is 2. The number of benzene rings is 1. The Kier molecular flexibility index (Phi) is 5.16. The predicted octanol–water partition coefficient (Wildman–Crippen LogP) is 1.18. The van der Waals surface area contributed by atoms with Crippen molar-refractivity contribution in [2.75, 3.05) is 18.7 Å². The molecular formula is C17H17N3O6. The quantitative estimate of drug-likeness (QED) is 0.771. The fourth-order valence-electron chi connectivity index (χ4n) is 2.31. The number of anilines is 1. The van der Waals surface area contributed by atoms with Gasteiger partial charge in [-0.15, -0.1) is 0 Å². The minimum Gasteiger partial charge on any atom is -0.454 e. The van der Waals surface area contributed by atoms with Crippen molar-refractivity contribution < 1.29 is 23.8 Å². The van der Waals surface area contributed by atoms with Crippen molar-refractivity contribution in [3.05, 3.63) is 46.4 Å². The van der Waals surface area contributed by atoms with Crippen LogP contribution in [0.1, 0.15) is 23.8 Å². The van der Waals surface area contributed by atoms with Gasteiger partial charge in [0.05, 0.1) is 0 Å².